The summed E-state index contributed by atoms with van der Waals surface area (Å²) < 4.78 is 30.5. The number of carboxylic acid groups (broad SMARTS) is 1. The van der Waals surface area contributed by atoms with E-state index in [4.69, 9.17) is 30.9 Å². The normalized spacial score (nSPS) is 12.8. The van der Waals surface area contributed by atoms with Crippen LogP contribution in [0.5, 0.6) is 23.0 Å². The molecule has 4 aromatic rings. The predicted molar refractivity (Wildman–Crippen MR) is 191 cm³/mol. The lowest BCUT2D eigenvalue weighted by Crippen LogP contribution is -2.35. The first-order chi connectivity index (χ1) is 24.0. The molecule has 1 aromatic heterocycles. The summed E-state index contributed by atoms with van der Waals surface area (Å²) in [5.41, 5.74) is 0.120. The van der Waals surface area contributed by atoms with E-state index >= 15 is 0 Å². The van der Waals surface area contributed by atoms with Crippen molar-refractivity contribution in [3.63, 3.8) is 0 Å². The maximum Gasteiger partial charge on any atom is 0.303 e. The maximum atomic E-state index is 13.2. The van der Waals surface area contributed by atoms with Gasteiger partial charge in [-0.2, -0.15) is 0 Å². The lowest BCUT2D eigenvalue weighted by molar-refractivity contribution is -0.137. The van der Waals surface area contributed by atoms with Gasteiger partial charge in [-0.15, -0.1) is 0 Å². The molecule has 3 N–H and O–H groups in total. The Labute approximate surface area is 295 Å². The number of carboxylic acids is 1. The van der Waals surface area contributed by atoms with Gasteiger partial charge >= 0.3 is 5.97 Å². The number of halogens is 2. The summed E-state index contributed by atoms with van der Waals surface area (Å²) >= 11 is 6.52. The van der Waals surface area contributed by atoms with Crippen LogP contribution in [-0.4, -0.2) is 66.1 Å². The minimum Gasteiger partial charge on any atom is -0.493 e. The standard InChI is InChI=1S/C31H27ClFN3O7.C6H15N/c1-41-26-16-21-23(17-27(26)42-14-2-3-28(37)38)34-13-10-24(21)43-25-9-8-20(15-22(25)32)36-30(40)31(11-12-31)29(39)35-19-6-4-18(33)5-7-19;1-4-7(5-2)6-3/h4-10,13,15-17H,2-3,11-12,14H2,1H3,(H,35,39)(H,36,40)(H,37,38);4-6H2,1-3H3. The number of pyridine rings is 1. The average molecular weight is 709 g/mol. The Morgan fingerprint density at radius 2 is 1.52 bits per heavy atom. The van der Waals surface area contributed by atoms with Gasteiger partial charge in [0.1, 0.15) is 22.7 Å². The second-order valence-electron chi connectivity index (χ2n) is 11.5. The summed E-state index contributed by atoms with van der Waals surface area (Å²) in [6, 6.07) is 15.1. The number of aliphatic carboxylic acids is 1. The topological polar surface area (TPSA) is 139 Å². The van der Waals surface area contributed by atoms with Crippen molar-refractivity contribution in [3.05, 3.63) is 77.7 Å². The zero-order valence-corrected chi connectivity index (χ0v) is 29.3. The van der Waals surface area contributed by atoms with Crippen molar-refractivity contribution >= 4 is 51.7 Å². The zero-order valence-electron chi connectivity index (χ0n) is 28.6. The number of anilines is 2. The molecule has 1 saturated carbocycles. The number of aromatic nitrogens is 1. The first-order valence-electron chi connectivity index (χ1n) is 16.4. The number of benzene rings is 3. The summed E-state index contributed by atoms with van der Waals surface area (Å²) in [6.45, 7) is 10.3. The van der Waals surface area contributed by atoms with Crippen LogP contribution < -0.4 is 24.8 Å². The number of fused-ring (bicyclic) bond motifs is 1. The number of nitrogens with zero attached hydrogens (tertiary/aromatic N) is 2. The van der Waals surface area contributed by atoms with Crippen LogP contribution in [-0.2, 0) is 14.4 Å². The van der Waals surface area contributed by atoms with Gasteiger partial charge in [0.2, 0.25) is 11.8 Å². The van der Waals surface area contributed by atoms with Crippen LogP contribution in [0, 0.1) is 11.2 Å². The molecule has 266 valence electrons. The highest BCUT2D eigenvalue weighted by molar-refractivity contribution is 6.32. The molecule has 0 spiro atoms. The molecule has 3 aromatic carbocycles. The van der Waals surface area contributed by atoms with E-state index in [0.29, 0.717) is 64.5 Å². The van der Waals surface area contributed by atoms with E-state index in [2.05, 4.69) is 41.3 Å². The van der Waals surface area contributed by atoms with Crippen molar-refractivity contribution in [2.24, 2.45) is 5.41 Å². The van der Waals surface area contributed by atoms with Gasteiger partial charge in [-0.25, -0.2) is 4.39 Å². The van der Waals surface area contributed by atoms with Crippen molar-refractivity contribution in [3.8, 4) is 23.0 Å². The lowest BCUT2D eigenvalue weighted by Gasteiger charge is -2.17. The number of rotatable bonds is 15. The fraction of sp³-hybridized carbons (Fsp3) is 0.351. The fourth-order valence-corrected chi connectivity index (χ4v) is 5.28. The summed E-state index contributed by atoms with van der Waals surface area (Å²) in [5, 5.41) is 15.1. The van der Waals surface area contributed by atoms with Crippen LogP contribution >= 0.6 is 11.6 Å². The Bertz CT molecular complexity index is 1790. The smallest absolute Gasteiger partial charge is 0.303 e. The molecule has 0 atom stereocenters. The van der Waals surface area contributed by atoms with Crippen molar-refractivity contribution in [2.45, 2.75) is 46.5 Å². The number of nitrogens with one attached hydrogen (secondary N) is 2. The Morgan fingerprint density at radius 1 is 0.880 bits per heavy atom. The molecule has 0 radical (unpaired) electrons. The molecule has 5 rings (SSSR count). The van der Waals surface area contributed by atoms with Crippen LogP contribution in [0.3, 0.4) is 0 Å². The molecule has 1 fully saturated rings. The first-order valence-corrected chi connectivity index (χ1v) is 16.8. The number of carbonyl (C=O) groups is 3. The third-order valence-electron chi connectivity index (χ3n) is 8.25. The van der Waals surface area contributed by atoms with Gasteiger partial charge in [0, 0.05) is 35.4 Å². The Kier molecular flexibility index (Phi) is 13.4. The van der Waals surface area contributed by atoms with E-state index in [0.717, 1.165) is 0 Å². The fourth-order valence-electron chi connectivity index (χ4n) is 5.06. The molecule has 1 heterocycles. The molecule has 2 amide bonds. The van der Waals surface area contributed by atoms with E-state index in [9.17, 15) is 18.8 Å². The number of hydrogen-bond acceptors (Lipinski definition) is 8. The molecule has 0 aliphatic heterocycles. The molecule has 1 aliphatic rings. The molecule has 0 saturated heterocycles. The number of methoxy groups -OCH3 is 1. The summed E-state index contributed by atoms with van der Waals surface area (Å²) in [5.74, 6) is -0.663. The van der Waals surface area contributed by atoms with E-state index in [1.165, 1.54) is 57.1 Å². The van der Waals surface area contributed by atoms with Crippen molar-refractivity contribution < 1.29 is 38.1 Å². The average Bonchev–Trinajstić information content (AvgIpc) is 3.92. The van der Waals surface area contributed by atoms with Gasteiger partial charge < -0.3 is 34.9 Å². The highest BCUT2D eigenvalue weighted by atomic mass is 35.5. The number of amides is 2. The summed E-state index contributed by atoms with van der Waals surface area (Å²) in [4.78, 5) is 43.4. The van der Waals surface area contributed by atoms with Gasteiger partial charge in [0.05, 0.1) is 24.3 Å². The van der Waals surface area contributed by atoms with Crippen LogP contribution in [0.1, 0.15) is 46.5 Å². The van der Waals surface area contributed by atoms with E-state index in [-0.39, 0.29) is 18.1 Å². The van der Waals surface area contributed by atoms with E-state index in [1.54, 1.807) is 36.5 Å². The summed E-state index contributed by atoms with van der Waals surface area (Å²) in [6.07, 6.45) is 2.66. The van der Waals surface area contributed by atoms with Gasteiger partial charge in [-0.1, -0.05) is 32.4 Å². The number of carbonyl (C=O) groups excluding carboxylic acids is 2. The summed E-state index contributed by atoms with van der Waals surface area (Å²) in [7, 11) is 1.49. The van der Waals surface area contributed by atoms with E-state index < -0.39 is 29.0 Å². The third kappa shape index (κ3) is 9.82. The van der Waals surface area contributed by atoms with Crippen LogP contribution in [0.2, 0.25) is 5.02 Å². The minimum atomic E-state index is -1.22. The largest absolute Gasteiger partial charge is 0.493 e. The molecule has 0 bridgehead atoms. The molecular weight excluding hydrogens is 667 g/mol. The lowest BCUT2D eigenvalue weighted by atomic mass is 10.0. The highest BCUT2D eigenvalue weighted by Crippen LogP contribution is 2.48. The highest BCUT2D eigenvalue weighted by Gasteiger charge is 2.56. The molecule has 0 unspecified atom stereocenters. The minimum absolute atomic E-state index is 0.0108. The van der Waals surface area contributed by atoms with Crippen molar-refractivity contribution in [1.82, 2.24) is 9.88 Å². The molecule has 50 heavy (non-hydrogen) atoms. The zero-order chi connectivity index (χ0) is 36.3. The number of hydrogen-bond donors (Lipinski definition) is 3. The second-order valence-corrected chi connectivity index (χ2v) is 11.9. The Balaban J connectivity index is 0.000000727. The van der Waals surface area contributed by atoms with Crippen molar-refractivity contribution in [2.75, 3.05) is 44.0 Å². The SMILES string of the molecule is CCN(CC)CC.COc1cc2c(Oc3ccc(NC(=O)C4(C(=O)Nc5ccc(F)cc5)CC4)cc3Cl)ccnc2cc1OCCCC(=O)O. The molecular formula is C37H42ClFN4O7. The molecule has 1 aliphatic carbocycles. The molecule has 11 nitrogen and oxygen atoms in total. The monoisotopic (exact) mass is 708 g/mol. The van der Waals surface area contributed by atoms with Gasteiger partial charge in [0.15, 0.2) is 11.5 Å². The third-order valence-corrected chi connectivity index (χ3v) is 8.55. The van der Waals surface area contributed by atoms with Crippen LogP contribution in [0.4, 0.5) is 15.8 Å². The van der Waals surface area contributed by atoms with Crippen LogP contribution in [0.25, 0.3) is 10.9 Å². The first kappa shape index (κ1) is 37.9. The van der Waals surface area contributed by atoms with Gasteiger partial charge in [0.25, 0.3) is 0 Å². The number of ether oxygens (including phenoxy) is 3. The van der Waals surface area contributed by atoms with Crippen LogP contribution in [0.15, 0.2) is 66.9 Å². The molecule has 13 heteroatoms. The maximum absolute atomic E-state index is 13.2. The van der Waals surface area contributed by atoms with Gasteiger partial charge in [-0.3, -0.25) is 19.4 Å². The Morgan fingerprint density at radius 3 is 2.08 bits per heavy atom. The predicted octanol–water partition coefficient (Wildman–Crippen LogP) is 7.78. The Hall–Kier alpha value is -4.94. The van der Waals surface area contributed by atoms with Gasteiger partial charge in [-0.05, 0) is 93.5 Å². The van der Waals surface area contributed by atoms with E-state index in [1.807, 2.05) is 0 Å². The van der Waals surface area contributed by atoms with Crippen molar-refractivity contribution in [1.29, 1.82) is 0 Å². The second kappa shape index (κ2) is 17.6. The quantitative estimate of drug-likeness (QED) is 0.0835.